The van der Waals surface area contributed by atoms with Crippen LogP contribution in [0.2, 0.25) is 0 Å². The molecule has 1 saturated heterocycles. The molecule has 2 N–H and O–H groups in total. The normalized spacial score (nSPS) is 22.4. The molecule has 1 aromatic heterocycles. The van der Waals surface area contributed by atoms with Crippen LogP contribution in [0.4, 0.5) is 10.7 Å². The number of nitrogens with zero attached hydrogens (tertiary/aromatic N) is 1. The fourth-order valence-corrected chi connectivity index (χ4v) is 4.85. The highest BCUT2D eigenvalue weighted by molar-refractivity contribution is 7.91. The van der Waals surface area contributed by atoms with Crippen LogP contribution in [0.5, 0.6) is 0 Å². The molecule has 0 spiro atoms. The van der Waals surface area contributed by atoms with Crippen LogP contribution in [0, 0.1) is 10.1 Å². The lowest BCUT2D eigenvalue weighted by Gasteiger charge is -2.22. The maximum atomic E-state index is 12.4. The number of thiophene rings is 1. The highest BCUT2D eigenvalue weighted by atomic mass is 32.2. The summed E-state index contributed by atoms with van der Waals surface area (Å²) in [6, 6.07) is 1.09. The van der Waals surface area contributed by atoms with Gasteiger partial charge in [0.25, 0.3) is 10.0 Å². The maximum Gasteiger partial charge on any atom is 0.304 e. The second kappa shape index (κ2) is 5.87. The fourth-order valence-electron chi connectivity index (χ4n) is 2.04. The second-order valence-corrected chi connectivity index (χ2v) is 8.00. The lowest BCUT2D eigenvalue weighted by atomic mass is 10.0. The zero-order valence-electron chi connectivity index (χ0n) is 11.7. The Morgan fingerprint density at radius 3 is 2.81 bits per heavy atom. The van der Waals surface area contributed by atoms with Crippen LogP contribution in [0.1, 0.15) is 20.3 Å². The molecule has 0 aromatic carbocycles. The van der Waals surface area contributed by atoms with Gasteiger partial charge in [0.1, 0.15) is 4.21 Å². The minimum atomic E-state index is -3.81. The summed E-state index contributed by atoms with van der Waals surface area (Å²) in [6.07, 6.45) is 0.569. The third kappa shape index (κ3) is 3.51. The molecule has 1 aliphatic heterocycles. The van der Waals surface area contributed by atoms with E-state index in [1.165, 1.54) is 0 Å². The summed E-state index contributed by atoms with van der Waals surface area (Å²) in [4.78, 5) is 10.4. The summed E-state index contributed by atoms with van der Waals surface area (Å²) < 4.78 is 32.5. The van der Waals surface area contributed by atoms with Gasteiger partial charge in [0.15, 0.2) is 5.00 Å². The lowest BCUT2D eigenvalue weighted by molar-refractivity contribution is -0.383. The summed E-state index contributed by atoms with van der Waals surface area (Å²) in [7, 11) is -3.81. The number of rotatable bonds is 6. The van der Waals surface area contributed by atoms with Gasteiger partial charge in [-0.3, -0.25) is 10.1 Å². The third-order valence-corrected chi connectivity index (χ3v) is 6.28. The van der Waals surface area contributed by atoms with E-state index in [-0.39, 0.29) is 14.9 Å². The van der Waals surface area contributed by atoms with E-state index in [1.54, 1.807) is 13.8 Å². The monoisotopic (exact) mass is 335 g/mol. The average molecular weight is 335 g/mol. The van der Waals surface area contributed by atoms with E-state index in [2.05, 4.69) is 10.0 Å². The van der Waals surface area contributed by atoms with E-state index in [0.29, 0.717) is 26.2 Å². The van der Waals surface area contributed by atoms with Gasteiger partial charge in [-0.1, -0.05) is 11.3 Å². The van der Waals surface area contributed by atoms with E-state index >= 15 is 0 Å². The molecule has 1 aromatic rings. The Labute approximate surface area is 126 Å². The first-order valence-electron chi connectivity index (χ1n) is 6.41. The number of hydrogen-bond acceptors (Lipinski definition) is 7. The fraction of sp³-hybridized carbons (Fsp3) is 0.636. The Morgan fingerprint density at radius 2 is 2.29 bits per heavy atom. The van der Waals surface area contributed by atoms with Gasteiger partial charge >= 0.3 is 5.69 Å². The number of sulfonamides is 1. The molecule has 118 valence electrons. The first kappa shape index (κ1) is 16.1. The molecule has 0 radical (unpaired) electrons. The second-order valence-electron chi connectivity index (χ2n) is 5.04. The summed E-state index contributed by atoms with van der Waals surface area (Å²) in [5.41, 5.74) is -0.897. The van der Waals surface area contributed by atoms with Crippen LogP contribution in [0.3, 0.4) is 0 Å². The molecule has 8 nitrogen and oxygen atoms in total. The molecule has 0 saturated carbocycles. The van der Waals surface area contributed by atoms with Gasteiger partial charge in [-0.25, -0.2) is 13.1 Å². The molecular weight excluding hydrogens is 318 g/mol. The number of anilines is 1. The molecule has 2 heterocycles. The minimum absolute atomic E-state index is 0.0710. The van der Waals surface area contributed by atoms with Gasteiger partial charge in [0.2, 0.25) is 0 Å². The van der Waals surface area contributed by atoms with Gasteiger partial charge in [0, 0.05) is 19.2 Å². The molecule has 1 atom stereocenters. The topological polar surface area (TPSA) is 111 Å². The first-order valence-corrected chi connectivity index (χ1v) is 8.71. The van der Waals surface area contributed by atoms with Crippen LogP contribution in [0.25, 0.3) is 0 Å². The molecule has 0 amide bonds. The van der Waals surface area contributed by atoms with E-state index in [4.69, 9.17) is 4.74 Å². The van der Waals surface area contributed by atoms with E-state index in [0.717, 1.165) is 17.4 Å². The Kier molecular flexibility index (Phi) is 4.51. The zero-order valence-corrected chi connectivity index (χ0v) is 13.3. The van der Waals surface area contributed by atoms with Crippen LogP contribution >= 0.6 is 11.3 Å². The predicted molar refractivity (Wildman–Crippen MR) is 79.3 cm³/mol. The van der Waals surface area contributed by atoms with Crippen molar-refractivity contribution in [3.8, 4) is 0 Å². The van der Waals surface area contributed by atoms with Gasteiger partial charge in [-0.05, 0) is 20.3 Å². The lowest BCUT2D eigenvalue weighted by Crippen LogP contribution is -2.46. The molecule has 1 aliphatic rings. The predicted octanol–water partition coefficient (Wildman–Crippen LogP) is 1.55. The Bertz CT molecular complexity index is 634. The largest absolute Gasteiger partial charge is 0.379 e. The van der Waals surface area contributed by atoms with E-state index < -0.39 is 20.5 Å². The molecule has 2 rings (SSSR count). The highest BCUT2D eigenvalue weighted by Gasteiger charge is 2.36. The summed E-state index contributed by atoms with van der Waals surface area (Å²) >= 11 is 0.857. The van der Waals surface area contributed by atoms with Crippen molar-refractivity contribution in [1.29, 1.82) is 0 Å². The molecule has 0 bridgehead atoms. The van der Waals surface area contributed by atoms with Crippen molar-refractivity contribution in [2.24, 2.45) is 0 Å². The van der Waals surface area contributed by atoms with Crippen molar-refractivity contribution < 1.29 is 18.1 Å². The van der Waals surface area contributed by atoms with Gasteiger partial charge in [-0.2, -0.15) is 0 Å². The molecule has 0 aliphatic carbocycles. The average Bonchev–Trinajstić information content (AvgIpc) is 2.96. The maximum absolute atomic E-state index is 12.4. The van der Waals surface area contributed by atoms with Crippen molar-refractivity contribution in [3.05, 3.63) is 16.2 Å². The highest BCUT2D eigenvalue weighted by Crippen LogP contribution is 2.37. The minimum Gasteiger partial charge on any atom is -0.379 e. The van der Waals surface area contributed by atoms with E-state index in [9.17, 15) is 18.5 Å². The third-order valence-electron chi connectivity index (χ3n) is 3.09. The van der Waals surface area contributed by atoms with Crippen molar-refractivity contribution in [1.82, 2.24) is 4.72 Å². The molecule has 1 unspecified atom stereocenters. The van der Waals surface area contributed by atoms with Gasteiger partial charge in [-0.15, -0.1) is 0 Å². The zero-order chi connectivity index (χ0) is 15.7. The van der Waals surface area contributed by atoms with Crippen LogP contribution in [0.15, 0.2) is 10.3 Å². The van der Waals surface area contributed by atoms with Crippen molar-refractivity contribution in [2.45, 2.75) is 30.0 Å². The quantitative estimate of drug-likeness (QED) is 0.603. The van der Waals surface area contributed by atoms with Crippen molar-refractivity contribution in [2.75, 3.05) is 25.1 Å². The Balaban J connectivity index is 2.31. The number of hydrogen-bond donors (Lipinski definition) is 2. The van der Waals surface area contributed by atoms with Crippen molar-refractivity contribution >= 4 is 32.0 Å². The summed E-state index contributed by atoms with van der Waals surface area (Å²) in [5, 5.41) is 14.0. The van der Waals surface area contributed by atoms with Crippen LogP contribution < -0.4 is 10.0 Å². The standard InChI is InChI=1S/C11H17N3O5S2/c1-3-12-10-8(14(15)16)6-9(20-10)21(17,18)13-11(2)4-5-19-7-11/h6,12-13H,3-5,7H2,1-2H3. The first-order chi connectivity index (χ1) is 9.77. The summed E-state index contributed by atoms with van der Waals surface area (Å²) in [5.74, 6) is 0. The van der Waals surface area contributed by atoms with E-state index in [1.807, 2.05) is 0 Å². The molecule has 10 heteroatoms. The molecular formula is C11H17N3O5S2. The Morgan fingerprint density at radius 1 is 1.57 bits per heavy atom. The Hall–Kier alpha value is -1.23. The van der Waals surface area contributed by atoms with Crippen molar-refractivity contribution in [3.63, 3.8) is 0 Å². The van der Waals surface area contributed by atoms with Gasteiger partial charge < -0.3 is 10.1 Å². The van der Waals surface area contributed by atoms with Gasteiger partial charge in [0.05, 0.1) is 17.1 Å². The van der Waals surface area contributed by atoms with Crippen LogP contribution in [-0.2, 0) is 14.8 Å². The smallest absolute Gasteiger partial charge is 0.304 e. The molecule has 1 fully saturated rings. The molecule has 21 heavy (non-hydrogen) atoms. The number of nitrogens with one attached hydrogen (secondary N) is 2. The van der Waals surface area contributed by atoms with Crippen LogP contribution in [-0.4, -0.2) is 38.6 Å². The SMILES string of the molecule is CCNc1sc(S(=O)(=O)NC2(C)CCOC2)cc1[N+](=O)[O-]. The number of nitro groups is 1. The summed E-state index contributed by atoms with van der Waals surface area (Å²) in [6.45, 7) is 4.80. The number of ether oxygens (including phenoxy) is 1.